The van der Waals surface area contributed by atoms with Gasteiger partial charge >= 0.3 is 0 Å². The van der Waals surface area contributed by atoms with E-state index in [2.05, 4.69) is 25.7 Å². The zero-order chi connectivity index (χ0) is 10.3. The largest absolute Gasteiger partial charge is 0.300 e. The highest BCUT2D eigenvalue weighted by molar-refractivity contribution is 4.79. The number of hydrogen-bond acceptors (Lipinski definition) is 1. The highest BCUT2D eigenvalue weighted by atomic mass is 15.2. The Kier molecular flexibility index (Phi) is 7.35. The lowest BCUT2D eigenvalue weighted by atomic mass is 9.89. The molecule has 0 aromatic heterocycles. The molecule has 0 amide bonds. The third-order valence-corrected chi connectivity index (χ3v) is 3.06. The fourth-order valence-corrected chi connectivity index (χ4v) is 2.39. The van der Waals surface area contributed by atoms with Crippen LogP contribution in [0.3, 0.4) is 0 Å². The summed E-state index contributed by atoms with van der Waals surface area (Å²) < 4.78 is 0. The van der Waals surface area contributed by atoms with Gasteiger partial charge in [0.05, 0.1) is 0 Å². The minimum atomic E-state index is 0.869. The molecule has 1 rings (SSSR count). The van der Waals surface area contributed by atoms with Gasteiger partial charge in [0.25, 0.3) is 0 Å². The quantitative estimate of drug-likeness (QED) is 0.636. The Morgan fingerprint density at radius 3 is 2.23 bits per heavy atom. The predicted octanol–water partition coefficient (Wildman–Crippen LogP) is 3.54. The van der Waals surface area contributed by atoms with Gasteiger partial charge in [-0.1, -0.05) is 34.6 Å². The van der Waals surface area contributed by atoms with Gasteiger partial charge < -0.3 is 4.90 Å². The molecule has 2 unspecified atom stereocenters. The molecule has 1 nitrogen and oxygen atoms in total. The van der Waals surface area contributed by atoms with Crippen molar-refractivity contribution >= 4 is 0 Å². The molecule has 0 spiro atoms. The van der Waals surface area contributed by atoms with Gasteiger partial charge in [0.1, 0.15) is 0 Å². The zero-order valence-corrected chi connectivity index (χ0v) is 10.1. The second-order valence-electron chi connectivity index (χ2n) is 3.72. The molecule has 1 aliphatic rings. The molecule has 80 valence electrons. The number of nitrogens with zero attached hydrogens (tertiary/aromatic N) is 1. The number of hydrogen-bond donors (Lipinski definition) is 0. The van der Waals surface area contributed by atoms with Gasteiger partial charge in [0.15, 0.2) is 0 Å². The third kappa shape index (κ3) is 3.68. The topological polar surface area (TPSA) is 3.24 Å². The highest BCUT2D eigenvalue weighted by Gasteiger charge is 2.25. The highest BCUT2D eigenvalue weighted by Crippen LogP contribution is 2.24. The summed E-state index contributed by atoms with van der Waals surface area (Å²) in [6.07, 6.45) is 4.18. The van der Waals surface area contributed by atoms with Crippen molar-refractivity contribution < 1.29 is 0 Å². The SMILES string of the molecule is CC.CCC1C(C)CCCN1CC. The molecule has 0 aromatic rings. The van der Waals surface area contributed by atoms with E-state index < -0.39 is 0 Å². The van der Waals surface area contributed by atoms with Crippen molar-refractivity contribution in [1.29, 1.82) is 0 Å². The van der Waals surface area contributed by atoms with Gasteiger partial charge in [0, 0.05) is 6.04 Å². The van der Waals surface area contributed by atoms with Crippen molar-refractivity contribution in [3.8, 4) is 0 Å². The predicted molar refractivity (Wildman–Crippen MR) is 61.1 cm³/mol. The van der Waals surface area contributed by atoms with Gasteiger partial charge in [-0.05, 0) is 38.3 Å². The molecule has 1 fully saturated rings. The Morgan fingerprint density at radius 1 is 1.23 bits per heavy atom. The van der Waals surface area contributed by atoms with Crippen LogP contribution in [0.1, 0.15) is 53.9 Å². The smallest absolute Gasteiger partial charge is 0.0118 e. The van der Waals surface area contributed by atoms with Crippen LogP contribution in [0.4, 0.5) is 0 Å². The number of likely N-dealkylation sites (tertiary alicyclic amines) is 1. The Labute approximate surface area is 84.5 Å². The van der Waals surface area contributed by atoms with Gasteiger partial charge in [-0.3, -0.25) is 0 Å². The summed E-state index contributed by atoms with van der Waals surface area (Å²) in [5.74, 6) is 0.925. The molecular formula is C12H27N. The number of piperidine rings is 1. The molecule has 0 radical (unpaired) electrons. The molecule has 0 saturated carbocycles. The van der Waals surface area contributed by atoms with E-state index in [1.54, 1.807) is 0 Å². The third-order valence-electron chi connectivity index (χ3n) is 3.06. The normalized spacial score (nSPS) is 29.3. The first-order valence-corrected chi connectivity index (χ1v) is 6.03. The molecule has 0 aromatic carbocycles. The van der Waals surface area contributed by atoms with Crippen molar-refractivity contribution in [2.75, 3.05) is 13.1 Å². The van der Waals surface area contributed by atoms with E-state index in [9.17, 15) is 0 Å². The van der Waals surface area contributed by atoms with Crippen LogP contribution in [0.25, 0.3) is 0 Å². The van der Waals surface area contributed by atoms with Crippen LogP contribution < -0.4 is 0 Å². The zero-order valence-electron chi connectivity index (χ0n) is 10.1. The Hall–Kier alpha value is -0.0400. The van der Waals surface area contributed by atoms with Crippen LogP contribution in [0.5, 0.6) is 0 Å². The lowest BCUT2D eigenvalue weighted by Gasteiger charge is -2.38. The minimum Gasteiger partial charge on any atom is -0.300 e. The Bertz CT molecular complexity index is 112. The van der Waals surface area contributed by atoms with Gasteiger partial charge in [0.2, 0.25) is 0 Å². The molecule has 1 aliphatic heterocycles. The lowest BCUT2D eigenvalue weighted by molar-refractivity contribution is 0.104. The molecule has 2 atom stereocenters. The standard InChI is InChI=1S/C10H21N.C2H6/c1-4-10-9(3)7-6-8-11(10)5-2;1-2/h9-10H,4-8H2,1-3H3;1-2H3. The van der Waals surface area contributed by atoms with Crippen LogP contribution in [-0.2, 0) is 0 Å². The number of rotatable bonds is 2. The van der Waals surface area contributed by atoms with Crippen LogP contribution in [0.15, 0.2) is 0 Å². The van der Waals surface area contributed by atoms with Crippen molar-refractivity contribution in [3.63, 3.8) is 0 Å². The van der Waals surface area contributed by atoms with Crippen LogP contribution in [0, 0.1) is 5.92 Å². The maximum Gasteiger partial charge on any atom is 0.0118 e. The molecule has 1 heterocycles. The molecule has 13 heavy (non-hydrogen) atoms. The van der Waals surface area contributed by atoms with E-state index in [0.29, 0.717) is 0 Å². The average molecular weight is 185 g/mol. The van der Waals surface area contributed by atoms with Crippen LogP contribution >= 0.6 is 0 Å². The first-order valence-electron chi connectivity index (χ1n) is 6.03. The fourth-order valence-electron chi connectivity index (χ4n) is 2.39. The molecule has 0 N–H and O–H groups in total. The van der Waals surface area contributed by atoms with Crippen LogP contribution in [-0.4, -0.2) is 24.0 Å². The molecule has 1 heteroatoms. The van der Waals surface area contributed by atoms with E-state index in [-0.39, 0.29) is 0 Å². The maximum atomic E-state index is 2.63. The molecule has 0 aliphatic carbocycles. The summed E-state index contributed by atoms with van der Waals surface area (Å²) in [5.41, 5.74) is 0. The van der Waals surface area contributed by atoms with Gasteiger partial charge in [-0.2, -0.15) is 0 Å². The van der Waals surface area contributed by atoms with E-state index >= 15 is 0 Å². The van der Waals surface area contributed by atoms with Crippen molar-refractivity contribution in [1.82, 2.24) is 4.90 Å². The summed E-state index contributed by atoms with van der Waals surface area (Å²) in [5, 5.41) is 0. The van der Waals surface area contributed by atoms with E-state index in [0.717, 1.165) is 12.0 Å². The second-order valence-corrected chi connectivity index (χ2v) is 3.72. The van der Waals surface area contributed by atoms with Crippen molar-refractivity contribution in [2.24, 2.45) is 5.92 Å². The van der Waals surface area contributed by atoms with E-state index in [1.807, 2.05) is 13.8 Å². The summed E-state index contributed by atoms with van der Waals surface area (Å²) in [6, 6.07) is 0.869. The first kappa shape index (κ1) is 13.0. The Balaban J connectivity index is 0.000000671. The maximum absolute atomic E-state index is 2.63. The summed E-state index contributed by atoms with van der Waals surface area (Å²) in [4.78, 5) is 2.63. The summed E-state index contributed by atoms with van der Waals surface area (Å²) in [7, 11) is 0. The average Bonchev–Trinajstić information content (AvgIpc) is 2.20. The summed E-state index contributed by atoms with van der Waals surface area (Å²) in [6.45, 7) is 13.6. The monoisotopic (exact) mass is 185 g/mol. The molecular weight excluding hydrogens is 158 g/mol. The lowest BCUT2D eigenvalue weighted by Crippen LogP contribution is -2.43. The fraction of sp³-hybridized carbons (Fsp3) is 1.00. The van der Waals surface area contributed by atoms with E-state index in [4.69, 9.17) is 0 Å². The Morgan fingerprint density at radius 2 is 1.85 bits per heavy atom. The summed E-state index contributed by atoms with van der Waals surface area (Å²) >= 11 is 0. The first-order chi connectivity index (χ1) is 6.29. The second kappa shape index (κ2) is 7.37. The molecule has 0 bridgehead atoms. The van der Waals surface area contributed by atoms with E-state index in [1.165, 1.54) is 32.4 Å². The van der Waals surface area contributed by atoms with Gasteiger partial charge in [-0.25, -0.2) is 0 Å². The van der Waals surface area contributed by atoms with Crippen molar-refractivity contribution in [2.45, 2.75) is 59.9 Å². The molecule has 1 saturated heterocycles. The van der Waals surface area contributed by atoms with Crippen LogP contribution in [0.2, 0.25) is 0 Å². The minimum absolute atomic E-state index is 0.869. The van der Waals surface area contributed by atoms with Gasteiger partial charge in [-0.15, -0.1) is 0 Å². The van der Waals surface area contributed by atoms with Crippen molar-refractivity contribution in [3.05, 3.63) is 0 Å².